The van der Waals surface area contributed by atoms with Gasteiger partial charge in [0.05, 0.1) is 11.8 Å². The Labute approximate surface area is 160 Å². The molecule has 0 radical (unpaired) electrons. The molecule has 0 aliphatic carbocycles. The van der Waals surface area contributed by atoms with Crippen LogP contribution < -0.4 is 0 Å². The van der Waals surface area contributed by atoms with Crippen LogP contribution in [0.25, 0.3) is 0 Å². The van der Waals surface area contributed by atoms with Gasteiger partial charge >= 0.3 is 0 Å². The van der Waals surface area contributed by atoms with Crippen LogP contribution in [0.15, 0.2) is 30.5 Å². The Morgan fingerprint density at radius 1 is 1.38 bits per heavy atom. The fraction of sp³-hybridized carbons (Fsp3) is 0.500. The van der Waals surface area contributed by atoms with Gasteiger partial charge in [-0.2, -0.15) is 5.10 Å². The first kappa shape index (κ1) is 18.9. The van der Waals surface area contributed by atoms with Gasteiger partial charge in [-0.25, -0.2) is 0 Å². The molecule has 2 aromatic rings. The van der Waals surface area contributed by atoms with Crippen molar-refractivity contribution in [3.8, 4) is 0 Å². The number of halogens is 1. The molecule has 140 valence electrons. The van der Waals surface area contributed by atoms with E-state index in [0.717, 1.165) is 43.3 Å². The first-order valence-electron chi connectivity index (χ1n) is 9.25. The Bertz CT molecular complexity index is 728. The first-order chi connectivity index (χ1) is 12.5. The number of H-pyrrole nitrogens is 1. The summed E-state index contributed by atoms with van der Waals surface area (Å²) in [7, 11) is 1.89. The number of aryl methyl sites for hydroxylation is 1. The summed E-state index contributed by atoms with van der Waals surface area (Å²) in [4.78, 5) is 16.9. The summed E-state index contributed by atoms with van der Waals surface area (Å²) in [6.45, 7) is 5.92. The fourth-order valence-electron chi connectivity index (χ4n) is 3.68. The number of nitrogens with one attached hydrogen (secondary N) is 1. The van der Waals surface area contributed by atoms with Crippen LogP contribution in [-0.4, -0.2) is 59.1 Å². The molecule has 1 N–H and O–H groups in total. The molecule has 3 rings (SSSR count). The third kappa shape index (κ3) is 4.86. The molecule has 1 aromatic heterocycles. The van der Waals surface area contributed by atoms with Gasteiger partial charge in [0.25, 0.3) is 5.91 Å². The van der Waals surface area contributed by atoms with E-state index >= 15 is 0 Å². The van der Waals surface area contributed by atoms with Gasteiger partial charge in [-0.3, -0.25) is 9.89 Å². The number of rotatable bonds is 6. The van der Waals surface area contributed by atoms with Crippen molar-refractivity contribution in [3.05, 3.63) is 52.3 Å². The average Bonchev–Trinajstić information content (AvgIpc) is 3.07. The molecule has 1 aliphatic heterocycles. The summed E-state index contributed by atoms with van der Waals surface area (Å²) in [6, 6.07) is 8.11. The van der Waals surface area contributed by atoms with Crippen molar-refractivity contribution in [1.82, 2.24) is 20.0 Å². The molecular formula is C20H27ClN4O. The van der Waals surface area contributed by atoms with Crippen molar-refractivity contribution >= 4 is 17.5 Å². The maximum absolute atomic E-state index is 12.6. The van der Waals surface area contributed by atoms with E-state index < -0.39 is 0 Å². The highest BCUT2D eigenvalue weighted by Crippen LogP contribution is 2.19. The average molecular weight is 375 g/mol. The van der Waals surface area contributed by atoms with Crippen LogP contribution in [0.2, 0.25) is 5.02 Å². The van der Waals surface area contributed by atoms with E-state index in [0.29, 0.717) is 11.5 Å². The Hall–Kier alpha value is -1.85. The van der Waals surface area contributed by atoms with Gasteiger partial charge in [-0.05, 0) is 56.3 Å². The molecule has 1 saturated heterocycles. The van der Waals surface area contributed by atoms with Gasteiger partial charge in [0.1, 0.15) is 0 Å². The predicted molar refractivity (Wildman–Crippen MR) is 105 cm³/mol. The van der Waals surface area contributed by atoms with Crippen LogP contribution in [0.3, 0.4) is 0 Å². The summed E-state index contributed by atoms with van der Waals surface area (Å²) in [5.41, 5.74) is 2.82. The van der Waals surface area contributed by atoms with Crippen molar-refractivity contribution in [2.45, 2.75) is 26.2 Å². The van der Waals surface area contributed by atoms with Crippen LogP contribution >= 0.6 is 11.6 Å². The Morgan fingerprint density at radius 3 is 2.85 bits per heavy atom. The molecule has 26 heavy (non-hydrogen) atoms. The number of likely N-dealkylation sites (tertiary alicyclic amines) is 1. The molecular weight excluding hydrogens is 348 g/mol. The Balaban J connectivity index is 1.49. The lowest BCUT2D eigenvalue weighted by Gasteiger charge is -2.34. The van der Waals surface area contributed by atoms with Gasteiger partial charge in [-0.1, -0.05) is 23.7 Å². The molecule has 1 fully saturated rings. The number of hydrogen-bond acceptors (Lipinski definition) is 3. The van der Waals surface area contributed by atoms with E-state index in [9.17, 15) is 4.79 Å². The first-order valence-corrected chi connectivity index (χ1v) is 9.63. The summed E-state index contributed by atoms with van der Waals surface area (Å²) in [6.07, 6.45) is 5.03. The molecule has 6 heteroatoms. The maximum Gasteiger partial charge on any atom is 0.257 e. The highest BCUT2D eigenvalue weighted by atomic mass is 35.5. The smallest absolute Gasteiger partial charge is 0.257 e. The number of aromatic amines is 1. The summed E-state index contributed by atoms with van der Waals surface area (Å²) in [5.74, 6) is 0.574. The number of aromatic nitrogens is 2. The van der Waals surface area contributed by atoms with Crippen LogP contribution in [-0.2, 0) is 6.42 Å². The third-order valence-electron chi connectivity index (χ3n) is 5.17. The van der Waals surface area contributed by atoms with Gasteiger partial charge in [0.2, 0.25) is 0 Å². The van der Waals surface area contributed by atoms with Crippen LogP contribution in [0.1, 0.15) is 34.5 Å². The summed E-state index contributed by atoms with van der Waals surface area (Å²) in [5, 5.41) is 7.58. The lowest BCUT2D eigenvalue weighted by Crippen LogP contribution is -2.42. The molecule has 1 atom stereocenters. The highest BCUT2D eigenvalue weighted by Gasteiger charge is 2.24. The summed E-state index contributed by atoms with van der Waals surface area (Å²) >= 11 is 5.95. The number of carbonyl (C=O) groups is 1. The minimum atomic E-state index is 0.0505. The van der Waals surface area contributed by atoms with E-state index in [1.807, 2.05) is 31.0 Å². The quantitative estimate of drug-likeness (QED) is 0.843. The second-order valence-electron chi connectivity index (χ2n) is 7.28. The zero-order valence-electron chi connectivity index (χ0n) is 15.5. The minimum Gasteiger partial charge on any atom is -0.341 e. The van der Waals surface area contributed by atoms with Gasteiger partial charge in [0, 0.05) is 37.4 Å². The number of hydrogen-bond donors (Lipinski definition) is 1. The lowest BCUT2D eigenvalue weighted by molar-refractivity contribution is 0.0730. The molecule has 1 aromatic carbocycles. The van der Waals surface area contributed by atoms with Crippen molar-refractivity contribution in [1.29, 1.82) is 0 Å². The predicted octanol–water partition coefficient (Wildman–Crippen LogP) is 3.40. The molecule has 0 saturated carbocycles. The Kier molecular flexibility index (Phi) is 6.33. The van der Waals surface area contributed by atoms with E-state index in [1.165, 1.54) is 18.4 Å². The van der Waals surface area contributed by atoms with Crippen molar-refractivity contribution in [2.75, 3.05) is 33.2 Å². The number of piperidine rings is 1. The molecule has 0 bridgehead atoms. The SMILES string of the molecule is Cc1[nH]ncc1C(=O)N(C)C[C@@H]1CCCN(CCc2ccc(Cl)cc2)C1. The number of benzene rings is 1. The number of nitrogens with zero attached hydrogens (tertiary/aromatic N) is 3. The van der Waals surface area contributed by atoms with Crippen LogP contribution in [0.4, 0.5) is 0 Å². The normalized spacial score (nSPS) is 18.0. The second kappa shape index (κ2) is 8.69. The van der Waals surface area contributed by atoms with Crippen LogP contribution in [0, 0.1) is 12.8 Å². The van der Waals surface area contributed by atoms with Gasteiger partial charge in [-0.15, -0.1) is 0 Å². The van der Waals surface area contributed by atoms with Crippen molar-refractivity contribution in [2.24, 2.45) is 5.92 Å². The molecule has 5 nitrogen and oxygen atoms in total. The van der Waals surface area contributed by atoms with Gasteiger partial charge < -0.3 is 9.80 Å². The zero-order chi connectivity index (χ0) is 18.5. The largest absolute Gasteiger partial charge is 0.341 e. The third-order valence-corrected chi connectivity index (χ3v) is 5.42. The number of carbonyl (C=O) groups excluding carboxylic acids is 1. The van der Waals surface area contributed by atoms with E-state index in [2.05, 4.69) is 27.2 Å². The van der Waals surface area contributed by atoms with E-state index in [1.54, 1.807) is 6.20 Å². The number of amides is 1. The topological polar surface area (TPSA) is 52.2 Å². The van der Waals surface area contributed by atoms with E-state index in [4.69, 9.17) is 11.6 Å². The summed E-state index contributed by atoms with van der Waals surface area (Å²) < 4.78 is 0. The van der Waals surface area contributed by atoms with Gasteiger partial charge in [0.15, 0.2) is 0 Å². The Morgan fingerprint density at radius 2 is 2.15 bits per heavy atom. The van der Waals surface area contributed by atoms with Crippen LogP contribution in [0.5, 0.6) is 0 Å². The van der Waals surface area contributed by atoms with Crippen molar-refractivity contribution in [3.63, 3.8) is 0 Å². The lowest BCUT2D eigenvalue weighted by atomic mass is 9.97. The molecule has 0 spiro atoms. The molecule has 1 amide bonds. The monoisotopic (exact) mass is 374 g/mol. The molecule has 2 heterocycles. The second-order valence-corrected chi connectivity index (χ2v) is 7.72. The zero-order valence-corrected chi connectivity index (χ0v) is 16.3. The molecule has 0 unspecified atom stereocenters. The highest BCUT2D eigenvalue weighted by molar-refractivity contribution is 6.30. The van der Waals surface area contributed by atoms with E-state index in [-0.39, 0.29) is 5.91 Å². The minimum absolute atomic E-state index is 0.0505. The maximum atomic E-state index is 12.6. The van der Waals surface area contributed by atoms with Crippen molar-refractivity contribution < 1.29 is 4.79 Å². The molecule has 1 aliphatic rings. The standard InChI is InChI=1S/C20H27ClN4O/c1-15-19(12-22-23-15)20(26)24(2)13-17-4-3-10-25(14-17)11-9-16-5-7-18(21)8-6-16/h5-8,12,17H,3-4,9-11,13-14H2,1-2H3,(H,22,23)/t17-/m0/s1. The fourth-order valence-corrected chi connectivity index (χ4v) is 3.81.